The first-order chi connectivity index (χ1) is 25.5. The normalized spacial score (nSPS) is 12.2. The van der Waals surface area contributed by atoms with Gasteiger partial charge in [-0.15, -0.1) is 0 Å². The lowest BCUT2D eigenvalue weighted by Gasteiger charge is -2.25. The molecule has 1 aliphatic rings. The number of amides is 7. The zero-order valence-electron chi connectivity index (χ0n) is 34.2. The highest BCUT2D eigenvalue weighted by Gasteiger charge is 2.25. The predicted molar refractivity (Wildman–Crippen MR) is 212 cm³/mol. The van der Waals surface area contributed by atoms with Crippen LogP contribution in [-0.2, 0) is 40.1 Å². The van der Waals surface area contributed by atoms with E-state index in [1.165, 1.54) is 34.8 Å². The number of nitrogens with zero attached hydrogens (tertiary/aromatic N) is 2. The summed E-state index contributed by atoms with van der Waals surface area (Å²) < 4.78 is 5.35. The number of carbonyl (C=O) groups is 7. The third kappa shape index (κ3) is 24.5. The van der Waals surface area contributed by atoms with Gasteiger partial charge < -0.3 is 36.6 Å². The number of nitrogens with two attached hydrogens (primary N) is 1. The lowest BCUT2D eigenvalue weighted by Crippen LogP contribution is -2.51. The number of hydrogen-bond acceptors (Lipinski definition) is 9. The quantitative estimate of drug-likeness (QED) is 0.0827. The second-order valence-corrected chi connectivity index (χ2v) is 13.8. The first kappa shape index (κ1) is 51.3. The molecule has 15 nitrogen and oxygen atoms in total. The minimum atomic E-state index is -0.810. The molecule has 1 unspecified atom stereocenters. The van der Waals surface area contributed by atoms with E-state index >= 15 is 0 Å². The number of ether oxygens (including phenoxy) is 1. The second-order valence-electron chi connectivity index (χ2n) is 13.8. The standard InChI is InChI=1S/C31H45N5O7.C5H13N.C2H6.CH3NO/c1-21(2)28(34-24(37)10-8-7-9-17-36-26(39)15-16-27(36)40)29(41)32-18-25(38)33-23-13-11-22(12-14-23)19-43-30(42)35(6)20-31(3,4)5;1-3-4-5-6-2;1-2;2-1-3/h11-16,21,28H,7-10,17-20H2,1-6H3,(H,32,41)(H,33,38)(H,34,37);6H,3-5H2,1-2H3;1-2H3;1H,(H2,2,3). The molecule has 0 aliphatic carbocycles. The van der Waals surface area contributed by atoms with Gasteiger partial charge in [-0.05, 0) is 61.9 Å². The zero-order chi connectivity index (χ0) is 41.7. The maximum Gasteiger partial charge on any atom is 0.409 e. The molecule has 7 amide bonds. The Labute approximate surface area is 322 Å². The summed E-state index contributed by atoms with van der Waals surface area (Å²) in [5.74, 6) is -2.05. The first-order valence-electron chi connectivity index (χ1n) is 18.7. The van der Waals surface area contributed by atoms with Gasteiger partial charge in [-0.3, -0.25) is 33.7 Å². The molecule has 2 rings (SSSR count). The summed E-state index contributed by atoms with van der Waals surface area (Å²) in [4.78, 5) is 84.2. The van der Waals surface area contributed by atoms with E-state index < -0.39 is 23.9 Å². The highest BCUT2D eigenvalue weighted by molar-refractivity contribution is 6.12. The summed E-state index contributed by atoms with van der Waals surface area (Å²) in [6.07, 6.45) is 6.88. The number of primary amides is 1. The lowest BCUT2D eigenvalue weighted by molar-refractivity contribution is -0.137. The number of rotatable bonds is 18. The van der Waals surface area contributed by atoms with Crippen LogP contribution in [0.1, 0.15) is 99.5 Å². The maximum atomic E-state index is 12.7. The van der Waals surface area contributed by atoms with E-state index in [9.17, 15) is 28.8 Å². The fourth-order valence-electron chi connectivity index (χ4n) is 4.72. The van der Waals surface area contributed by atoms with E-state index in [0.717, 1.165) is 12.1 Å². The zero-order valence-corrected chi connectivity index (χ0v) is 34.2. The van der Waals surface area contributed by atoms with Crippen molar-refractivity contribution in [2.45, 2.75) is 107 Å². The molecule has 15 heteroatoms. The van der Waals surface area contributed by atoms with Crippen molar-refractivity contribution < 1.29 is 38.3 Å². The van der Waals surface area contributed by atoms with E-state index in [1.807, 2.05) is 41.7 Å². The molecule has 0 fully saturated rings. The number of hydrogen-bond donors (Lipinski definition) is 5. The van der Waals surface area contributed by atoms with E-state index in [0.29, 0.717) is 38.0 Å². The molecule has 0 spiro atoms. The van der Waals surface area contributed by atoms with Crippen LogP contribution in [0.2, 0.25) is 0 Å². The van der Waals surface area contributed by atoms with Crippen LogP contribution in [-0.4, -0.2) is 98.2 Å². The molecule has 1 aromatic rings. The summed E-state index contributed by atoms with van der Waals surface area (Å²) in [5.41, 5.74) is 5.40. The van der Waals surface area contributed by atoms with Crippen LogP contribution in [0.4, 0.5) is 10.5 Å². The van der Waals surface area contributed by atoms with Crippen molar-refractivity contribution in [3.8, 4) is 0 Å². The van der Waals surface area contributed by atoms with Crippen LogP contribution >= 0.6 is 0 Å². The van der Waals surface area contributed by atoms with Gasteiger partial charge in [-0.1, -0.05) is 80.4 Å². The van der Waals surface area contributed by atoms with Gasteiger partial charge in [-0.25, -0.2) is 4.79 Å². The Morgan fingerprint density at radius 2 is 1.52 bits per heavy atom. The van der Waals surface area contributed by atoms with Crippen molar-refractivity contribution in [1.82, 2.24) is 25.8 Å². The molecule has 0 bridgehead atoms. The van der Waals surface area contributed by atoms with Crippen molar-refractivity contribution >= 4 is 47.7 Å². The fourth-order valence-corrected chi connectivity index (χ4v) is 4.72. The van der Waals surface area contributed by atoms with Crippen LogP contribution in [0, 0.1) is 11.3 Å². The Balaban J connectivity index is 0. The number of benzene rings is 1. The van der Waals surface area contributed by atoms with Gasteiger partial charge in [0.15, 0.2) is 0 Å². The van der Waals surface area contributed by atoms with E-state index in [2.05, 4.69) is 33.9 Å². The molecule has 0 saturated carbocycles. The predicted octanol–water partition coefficient (Wildman–Crippen LogP) is 4.12. The summed E-state index contributed by atoms with van der Waals surface area (Å²) in [6, 6.07) is 6.01. The second kappa shape index (κ2) is 29.6. The monoisotopic (exact) mass is 762 g/mol. The van der Waals surface area contributed by atoms with Gasteiger partial charge in [-0.2, -0.15) is 0 Å². The van der Waals surface area contributed by atoms with Gasteiger partial charge in [0, 0.05) is 44.4 Å². The Morgan fingerprint density at radius 1 is 0.944 bits per heavy atom. The molecule has 306 valence electrons. The number of carbonyl (C=O) groups excluding carboxylic acids is 7. The molecule has 0 aromatic heterocycles. The molecular formula is C39H67N7O8. The average Bonchev–Trinajstić information content (AvgIpc) is 3.44. The van der Waals surface area contributed by atoms with E-state index in [-0.39, 0.29) is 55.0 Å². The topological polar surface area (TPSA) is 209 Å². The van der Waals surface area contributed by atoms with Crippen molar-refractivity contribution in [3.63, 3.8) is 0 Å². The van der Waals surface area contributed by atoms with Crippen molar-refractivity contribution in [3.05, 3.63) is 42.0 Å². The van der Waals surface area contributed by atoms with Gasteiger partial charge >= 0.3 is 6.09 Å². The van der Waals surface area contributed by atoms with E-state index in [1.54, 1.807) is 45.2 Å². The molecule has 1 heterocycles. The Kier molecular flexibility index (Phi) is 28.2. The van der Waals surface area contributed by atoms with Crippen LogP contribution in [0.15, 0.2) is 36.4 Å². The Morgan fingerprint density at radius 3 is 2.00 bits per heavy atom. The fraction of sp³-hybridized carbons (Fsp3) is 0.615. The van der Waals surface area contributed by atoms with Crippen molar-refractivity contribution in [2.24, 2.45) is 17.1 Å². The van der Waals surface area contributed by atoms with Crippen LogP contribution in [0.3, 0.4) is 0 Å². The smallest absolute Gasteiger partial charge is 0.409 e. The largest absolute Gasteiger partial charge is 0.445 e. The first-order valence-corrected chi connectivity index (χ1v) is 18.7. The number of unbranched alkanes of at least 4 members (excludes halogenated alkanes) is 3. The molecule has 1 aliphatic heterocycles. The highest BCUT2D eigenvalue weighted by atomic mass is 16.6. The molecule has 0 radical (unpaired) electrons. The molecule has 6 N–H and O–H groups in total. The number of imide groups is 1. The molecule has 54 heavy (non-hydrogen) atoms. The van der Waals surface area contributed by atoms with Crippen LogP contribution in [0.25, 0.3) is 0 Å². The number of anilines is 1. The van der Waals surface area contributed by atoms with Gasteiger partial charge in [0.05, 0.1) is 6.54 Å². The third-order valence-electron chi connectivity index (χ3n) is 7.28. The molecule has 0 saturated heterocycles. The van der Waals surface area contributed by atoms with Crippen LogP contribution < -0.4 is 27.0 Å². The Bertz CT molecular complexity index is 1290. The Hall–Kier alpha value is -4.79. The minimum absolute atomic E-state index is 0.0438. The SMILES string of the molecule is CC.CC(C)C(NC(=O)CCCCCN1C(=O)C=CC1=O)C(=O)NCC(=O)Nc1ccc(COC(=O)N(C)CC(C)(C)C)cc1.CCCCNC.NC=O. The summed E-state index contributed by atoms with van der Waals surface area (Å²) in [6.45, 7) is 17.7. The summed E-state index contributed by atoms with van der Waals surface area (Å²) in [5, 5.41) is 11.1. The van der Waals surface area contributed by atoms with Crippen molar-refractivity contribution in [2.75, 3.05) is 45.6 Å². The van der Waals surface area contributed by atoms with Gasteiger partial charge in [0.1, 0.15) is 12.6 Å². The molecule has 1 atom stereocenters. The summed E-state index contributed by atoms with van der Waals surface area (Å²) >= 11 is 0. The molecule has 1 aromatic carbocycles. The highest BCUT2D eigenvalue weighted by Crippen LogP contribution is 2.16. The van der Waals surface area contributed by atoms with Gasteiger partial charge in [0.2, 0.25) is 24.1 Å². The molecular weight excluding hydrogens is 694 g/mol. The lowest BCUT2D eigenvalue weighted by atomic mass is 9.96. The van der Waals surface area contributed by atoms with Crippen molar-refractivity contribution in [1.29, 1.82) is 0 Å². The minimum Gasteiger partial charge on any atom is -0.445 e. The third-order valence-corrected chi connectivity index (χ3v) is 7.28. The van der Waals surface area contributed by atoms with E-state index in [4.69, 9.17) is 9.53 Å². The average molecular weight is 762 g/mol. The van der Waals surface area contributed by atoms with Crippen LogP contribution in [0.5, 0.6) is 0 Å². The maximum absolute atomic E-state index is 12.7. The summed E-state index contributed by atoms with van der Waals surface area (Å²) in [7, 11) is 3.67. The number of nitrogens with one attached hydrogen (secondary N) is 4. The van der Waals surface area contributed by atoms with Gasteiger partial charge in [0.25, 0.3) is 11.8 Å².